The molecule has 0 aromatic heterocycles. The summed E-state index contributed by atoms with van der Waals surface area (Å²) in [4.78, 5) is 39.7. The van der Waals surface area contributed by atoms with Crippen molar-refractivity contribution in [3.05, 3.63) is 64.7 Å². The molecule has 168 valence electrons. The van der Waals surface area contributed by atoms with Crippen LogP contribution in [0.5, 0.6) is 0 Å². The lowest BCUT2D eigenvalue weighted by Gasteiger charge is -2.25. The highest BCUT2D eigenvalue weighted by Crippen LogP contribution is 2.37. The predicted octanol–water partition coefficient (Wildman–Crippen LogP) is 4.49. The lowest BCUT2D eigenvalue weighted by molar-refractivity contribution is -0.118. The number of carboxylic acid groups (broad SMARTS) is 1. The summed E-state index contributed by atoms with van der Waals surface area (Å²) in [6, 6.07) is 13.8. The van der Waals surface area contributed by atoms with Crippen LogP contribution in [0.4, 0.5) is 10.5 Å². The number of amides is 2. The summed E-state index contributed by atoms with van der Waals surface area (Å²) in [6.45, 7) is 1.70. The fourth-order valence-corrected chi connectivity index (χ4v) is 4.74. The summed E-state index contributed by atoms with van der Waals surface area (Å²) in [5.74, 6) is 0.327. The first-order valence-electron chi connectivity index (χ1n) is 11.5. The minimum atomic E-state index is -0.892. The van der Waals surface area contributed by atoms with Gasteiger partial charge in [0, 0.05) is 38.0 Å². The van der Waals surface area contributed by atoms with Gasteiger partial charge in [-0.05, 0) is 60.9 Å². The largest absolute Gasteiger partial charge is 0.465 e. The van der Waals surface area contributed by atoms with Crippen LogP contribution in [0.2, 0.25) is 0 Å². The van der Waals surface area contributed by atoms with E-state index in [0.717, 1.165) is 60.2 Å². The second-order valence-corrected chi connectivity index (χ2v) is 8.68. The molecule has 0 bridgehead atoms. The lowest BCUT2D eigenvalue weighted by Crippen LogP contribution is -2.32. The lowest BCUT2D eigenvalue weighted by atomic mass is 9.94. The van der Waals surface area contributed by atoms with Crippen molar-refractivity contribution in [1.29, 1.82) is 0 Å². The Bertz CT molecular complexity index is 1000. The van der Waals surface area contributed by atoms with Gasteiger partial charge in [-0.25, -0.2) is 4.79 Å². The van der Waals surface area contributed by atoms with Crippen LogP contribution in [-0.2, 0) is 24.1 Å². The molecule has 0 saturated heterocycles. The highest BCUT2D eigenvalue weighted by Gasteiger charge is 2.31. The number of hydrogen-bond acceptors (Lipinski definition) is 3. The summed E-state index contributed by atoms with van der Waals surface area (Å²) < 4.78 is 0. The fraction of sp³-hybridized carbons (Fsp3) is 0.423. The fourth-order valence-electron chi connectivity index (χ4n) is 4.74. The van der Waals surface area contributed by atoms with Gasteiger partial charge in [-0.1, -0.05) is 36.8 Å². The average molecular weight is 435 g/mol. The molecule has 0 atom stereocenters. The maximum Gasteiger partial charge on any atom is 0.407 e. The van der Waals surface area contributed by atoms with E-state index >= 15 is 0 Å². The minimum absolute atomic E-state index is 0.138. The Labute approximate surface area is 188 Å². The molecule has 2 aromatic carbocycles. The van der Waals surface area contributed by atoms with E-state index in [4.69, 9.17) is 0 Å². The van der Waals surface area contributed by atoms with Crippen molar-refractivity contribution in [2.24, 2.45) is 0 Å². The molecule has 0 spiro atoms. The second kappa shape index (κ2) is 9.98. The molecule has 0 radical (unpaired) electrons. The molecule has 0 saturated carbocycles. The van der Waals surface area contributed by atoms with Gasteiger partial charge in [0.1, 0.15) is 0 Å². The first-order valence-corrected chi connectivity index (χ1v) is 11.5. The number of ketones is 1. The van der Waals surface area contributed by atoms with Crippen LogP contribution < -0.4 is 4.90 Å². The summed E-state index contributed by atoms with van der Waals surface area (Å²) in [7, 11) is 0. The Kier molecular flexibility index (Phi) is 6.88. The van der Waals surface area contributed by atoms with Gasteiger partial charge in [-0.15, -0.1) is 0 Å². The second-order valence-electron chi connectivity index (χ2n) is 8.68. The highest BCUT2D eigenvalue weighted by molar-refractivity contribution is 6.02. The Balaban J connectivity index is 1.23. The molecular formula is C26H30N2O4. The third-order valence-corrected chi connectivity index (χ3v) is 6.49. The molecule has 1 N–H and O–H groups in total. The number of carbonyl (C=O) groups is 3. The van der Waals surface area contributed by atoms with E-state index in [0.29, 0.717) is 38.8 Å². The Morgan fingerprint density at radius 2 is 1.69 bits per heavy atom. The molecule has 6 heteroatoms. The number of unbranched alkanes of at least 4 members (excludes halogenated alkanes) is 2. The number of nitrogens with zero attached hydrogens (tertiary/aromatic N) is 2. The summed E-state index contributed by atoms with van der Waals surface area (Å²) in [5.41, 5.74) is 5.17. The zero-order chi connectivity index (χ0) is 22.5. The van der Waals surface area contributed by atoms with Gasteiger partial charge in [0.15, 0.2) is 5.78 Å². The molecule has 0 aliphatic carbocycles. The van der Waals surface area contributed by atoms with Gasteiger partial charge in [0.05, 0.1) is 5.69 Å². The number of rotatable bonds is 10. The van der Waals surface area contributed by atoms with Crippen molar-refractivity contribution in [2.45, 2.75) is 51.4 Å². The molecule has 2 aromatic rings. The van der Waals surface area contributed by atoms with E-state index in [1.165, 1.54) is 4.90 Å². The number of aryl methyl sites for hydroxylation is 1. The first-order chi connectivity index (χ1) is 15.5. The Morgan fingerprint density at radius 1 is 0.938 bits per heavy atom. The Morgan fingerprint density at radius 3 is 2.44 bits per heavy atom. The highest BCUT2D eigenvalue weighted by atomic mass is 16.4. The van der Waals surface area contributed by atoms with Crippen LogP contribution in [0.3, 0.4) is 0 Å². The molecule has 2 heterocycles. The van der Waals surface area contributed by atoms with Crippen molar-refractivity contribution in [2.75, 3.05) is 24.5 Å². The van der Waals surface area contributed by atoms with E-state index < -0.39 is 6.09 Å². The third kappa shape index (κ3) is 5.01. The Hall–Kier alpha value is -3.15. The van der Waals surface area contributed by atoms with Crippen LogP contribution in [0.1, 0.15) is 59.2 Å². The van der Waals surface area contributed by atoms with E-state index in [9.17, 15) is 19.5 Å². The van der Waals surface area contributed by atoms with Crippen LogP contribution in [0, 0.1) is 0 Å². The maximum absolute atomic E-state index is 12.8. The van der Waals surface area contributed by atoms with Crippen LogP contribution in [0.15, 0.2) is 42.5 Å². The van der Waals surface area contributed by atoms with E-state index in [1.54, 1.807) is 0 Å². The monoisotopic (exact) mass is 434 g/mol. The van der Waals surface area contributed by atoms with Crippen molar-refractivity contribution >= 4 is 23.5 Å². The average Bonchev–Trinajstić information content (AvgIpc) is 3.23. The van der Waals surface area contributed by atoms with E-state index in [-0.39, 0.29) is 11.7 Å². The van der Waals surface area contributed by atoms with Crippen molar-refractivity contribution in [3.8, 4) is 0 Å². The molecule has 6 nitrogen and oxygen atoms in total. The van der Waals surface area contributed by atoms with Crippen molar-refractivity contribution in [3.63, 3.8) is 0 Å². The molecule has 2 amide bonds. The topological polar surface area (TPSA) is 77.9 Å². The first kappa shape index (κ1) is 22.1. The summed E-state index contributed by atoms with van der Waals surface area (Å²) in [5, 5.41) is 9.46. The number of benzene rings is 2. The standard InChI is InChI=1S/C26H30N2O4/c29-23(22-17-20-10-11-24(30)28-16-13-21(18-22)25(20)28)9-5-2-6-14-27(26(31)32)15-12-19-7-3-1-4-8-19/h1,3-4,7-8,17-18H,2,5-6,9-16H2,(H,31,32). The van der Waals surface area contributed by atoms with Crippen LogP contribution in [-0.4, -0.2) is 47.4 Å². The van der Waals surface area contributed by atoms with Gasteiger partial charge >= 0.3 is 6.09 Å². The SMILES string of the molecule is O=C(CCCCCN(CCc1ccccc1)C(=O)O)c1cc2c3c(c1)CCN3C(=O)CC2. The summed E-state index contributed by atoms with van der Waals surface area (Å²) >= 11 is 0. The molecule has 2 aliphatic rings. The third-order valence-electron chi connectivity index (χ3n) is 6.49. The van der Waals surface area contributed by atoms with Gasteiger partial charge in [0.2, 0.25) is 5.91 Å². The molecule has 0 fully saturated rings. The van der Waals surface area contributed by atoms with Crippen LogP contribution in [0.25, 0.3) is 0 Å². The van der Waals surface area contributed by atoms with Gasteiger partial charge in [-0.3, -0.25) is 9.59 Å². The van der Waals surface area contributed by atoms with Crippen molar-refractivity contribution in [1.82, 2.24) is 4.90 Å². The van der Waals surface area contributed by atoms with E-state index in [1.807, 2.05) is 47.4 Å². The molecule has 0 unspecified atom stereocenters. The smallest absolute Gasteiger partial charge is 0.407 e. The number of anilines is 1. The number of carbonyl (C=O) groups excluding carboxylic acids is 2. The van der Waals surface area contributed by atoms with E-state index in [2.05, 4.69) is 0 Å². The number of hydrogen-bond donors (Lipinski definition) is 1. The number of Topliss-reactive ketones (excluding diaryl/α,β-unsaturated/α-hetero) is 1. The molecule has 32 heavy (non-hydrogen) atoms. The zero-order valence-corrected chi connectivity index (χ0v) is 18.4. The van der Waals surface area contributed by atoms with Gasteiger partial charge < -0.3 is 14.9 Å². The quantitative estimate of drug-likeness (QED) is 0.442. The molecular weight excluding hydrogens is 404 g/mol. The van der Waals surface area contributed by atoms with Crippen LogP contribution >= 0.6 is 0 Å². The molecule has 2 aliphatic heterocycles. The normalized spacial score (nSPS) is 14.4. The minimum Gasteiger partial charge on any atom is -0.465 e. The molecule has 4 rings (SSSR count). The maximum atomic E-state index is 12.8. The summed E-state index contributed by atoms with van der Waals surface area (Å²) in [6.07, 6.45) is 4.67. The zero-order valence-electron chi connectivity index (χ0n) is 18.4. The predicted molar refractivity (Wildman–Crippen MR) is 123 cm³/mol. The van der Waals surface area contributed by atoms with Gasteiger partial charge in [-0.2, -0.15) is 0 Å². The van der Waals surface area contributed by atoms with Gasteiger partial charge in [0.25, 0.3) is 0 Å². The van der Waals surface area contributed by atoms with Crippen molar-refractivity contribution < 1.29 is 19.5 Å².